The molecule has 0 bridgehead atoms. The minimum absolute atomic E-state index is 0.158. The highest BCUT2D eigenvalue weighted by Crippen LogP contribution is 2.45. The average Bonchev–Trinajstić information content (AvgIpc) is 3.04. The van der Waals surface area contributed by atoms with E-state index in [9.17, 15) is 4.39 Å². The summed E-state index contributed by atoms with van der Waals surface area (Å²) in [6, 6.07) is 5.88. The van der Waals surface area contributed by atoms with E-state index in [1.807, 2.05) is 10.7 Å². The van der Waals surface area contributed by atoms with E-state index in [1.54, 1.807) is 24.8 Å². The molecule has 2 aliphatic rings. The van der Waals surface area contributed by atoms with Crippen molar-refractivity contribution in [2.75, 3.05) is 6.54 Å². The molecule has 5 heteroatoms. The zero-order valence-electron chi connectivity index (χ0n) is 13.3. The molecule has 4 nitrogen and oxygen atoms in total. The van der Waals surface area contributed by atoms with Gasteiger partial charge in [0.2, 0.25) is 0 Å². The fraction of sp³-hybridized carbons (Fsp3) is 0.444. The van der Waals surface area contributed by atoms with Crippen LogP contribution in [0.25, 0.3) is 0 Å². The van der Waals surface area contributed by atoms with Crippen LogP contribution in [0.5, 0.6) is 0 Å². The SMILES string of the molecule is C=C1CCN2C(C1)c1cc(F)ccc1C(Cn1cncn1)[C@H]2C. The first-order valence-corrected chi connectivity index (χ1v) is 8.17. The molecule has 23 heavy (non-hydrogen) atoms. The zero-order valence-corrected chi connectivity index (χ0v) is 13.3. The summed E-state index contributed by atoms with van der Waals surface area (Å²) in [7, 11) is 0. The van der Waals surface area contributed by atoms with Crippen LogP contribution in [0.4, 0.5) is 4.39 Å². The van der Waals surface area contributed by atoms with Crippen LogP contribution >= 0.6 is 0 Å². The number of aromatic nitrogens is 3. The summed E-state index contributed by atoms with van der Waals surface area (Å²) < 4.78 is 15.8. The number of fused-ring (bicyclic) bond motifs is 3. The Kier molecular flexibility index (Phi) is 3.53. The molecule has 0 radical (unpaired) electrons. The normalized spacial score (nSPS) is 27.6. The number of halogens is 1. The van der Waals surface area contributed by atoms with Crippen molar-refractivity contribution in [3.05, 3.63) is 59.9 Å². The third-order valence-electron chi connectivity index (χ3n) is 5.37. The Labute approximate surface area is 135 Å². The molecule has 1 aromatic heterocycles. The molecule has 0 amide bonds. The van der Waals surface area contributed by atoms with Gasteiger partial charge in [0, 0.05) is 24.5 Å². The summed E-state index contributed by atoms with van der Waals surface area (Å²) >= 11 is 0. The van der Waals surface area contributed by atoms with Crippen LogP contribution in [-0.2, 0) is 6.54 Å². The highest BCUT2D eigenvalue weighted by Gasteiger charge is 2.40. The van der Waals surface area contributed by atoms with Gasteiger partial charge in [0.05, 0.1) is 6.54 Å². The monoisotopic (exact) mass is 312 g/mol. The van der Waals surface area contributed by atoms with Crippen molar-refractivity contribution in [1.82, 2.24) is 19.7 Å². The molecule has 0 saturated carbocycles. The lowest BCUT2D eigenvalue weighted by atomic mass is 9.76. The number of piperidine rings is 1. The number of hydrogen-bond donors (Lipinski definition) is 0. The zero-order chi connectivity index (χ0) is 16.0. The maximum absolute atomic E-state index is 13.9. The summed E-state index contributed by atoms with van der Waals surface area (Å²) in [5.41, 5.74) is 3.63. The predicted molar refractivity (Wildman–Crippen MR) is 86.4 cm³/mol. The molecule has 3 atom stereocenters. The molecule has 4 rings (SSSR count). The number of nitrogens with zero attached hydrogens (tertiary/aromatic N) is 4. The summed E-state index contributed by atoms with van der Waals surface area (Å²) in [5, 5.41) is 4.25. The fourth-order valence-corrected chi connectivity index (χ4v) is 4.15. The minimum atomic E-state index is -0.158. The van der Waals surface area contributed by atoms with Gasteiger partial charge in [-0.1, -0.05) is 18.2 Å². The lowest BCUT2D eigenvalue weighted by Gasteiger charge is -2.49. The largest absolute Gasteiger partial charge is 0.292 e. The van der Waals surface area contributed by atoms with Gasteiger partial charge in [-0.05, 0) is 43.0 Å². The van der Waals surface area contributed by atoms with Crippen molar-refractivity contribution in [2.24, 2.45) is 0 Å². The average molecular weight is 312 g/mol. The van der Waals surface area contributed by atoms with Crippen molar-refractivity contribution >= 4 is 0 Å². The van der Waals surface area contributed by atoms with Crippen LogP contribution in [0.1, 0.15) is 42.9 Å². The minimum Gasteiger partial charge on any atom is -0.292 e. The van der Waals surface area contributed by atoms with Gasteiger partial charge in [-0.15, -0.1) is 0 Å². The maximum Gasteiger partial charge on any atom is 0.137 e. The van der Waals surface area contributed by atoms with E-state index in [-0.39, 0.29) is 17.8 Å². The maximum atomic E-state index is 13.9. The Balaban J connectivity index is 1.78. The molecule has 0 N–H and O–H groups in total. The van der Waals surface area contributed by atoms with Crippen LogP contribution in [-0.4, -0.2) is 32.3 Å². The van der Waals surface area contributed by atoms with E-state index in [1.165, 1.54) is 11.1 Å². The quantitative estimate of drug-likeness (QED) is 0.798. The topological polar surface area (TPSA) is 34.0 Å². The Bertz CT molecular complexity index is 725. The van der Waals surface area contributed by atoms with Crippen LogP contribution in [0, 0.1) is 5.82 Å². The Morgan fingerprint density at radius 2 is 2.22 bits per heavy atom. The van der Waals surface area contributed by atoms with Crippen LogP contribution < -0.4 is 0 Å². The van der Waals surface area contributed by atoms with Crippen molar-refractivity contribution in [3.8, 4) is 0 Å². The molecule has 120 valence electrons. The van der Waals surface area contributed by atoms with E-state index in [2.05, 4.69) is 28.5 Å². The molecule has 2 aromatic rings. The number of benzene rings is 1. The van der Waals surface area contributed by atoms with Crippen LogP contribution in [0.2, 0.25) is 0 Å². The molecular weight excluding hydrogens is 291 g/mol. The number of rotatable bonds is 2. The van der Waals surface area contributed by atoms with Gasteiger partial charge in [-0.2, -0.15) is 5.10 Å². The molecule has 3 heterocycles. The van der Waals surface area contributed by atoms with Gasteiger partial charge < -0.3 is 0 Å². The first-order chi connectivity index (χ1) is 11.1. The molecule has 2 aliphatic heterocycles. The lowest BCUT2D eigenvalue weighted by Crippen LogP contribution is -2.48. The van der Waals surface area contributed by atoms with E-state index in [0.717, 1.165) is 31.5 Å². The Hall–Kier alpha value is -2.01. The highest BCUT2D eigenvalue weighted by molar-refractivity contribution is 5.39. The van der Waals surface area contributed by atoms with E-state index in [0.29, 0.717) is 6.04 Å². The second kappa shape index (κ2) is 5.57. The van der Waals surface area contributed by atoms with Gasteiger partial charge in [-0.3, -0.25) is 9.58 Å². The summed E-state index contributed by atoms with van der Waals surface area (Å²) in [6.07, 6.45) is 5.27. The molecule has 1 saturated heterocycles. The second-order valence-electron chi connectivity index (χ2n) is 6.70. The van der Waals surface area contributed by atoms with E-state index < -0.39 is 0 Å². The highest BCUT2D eigenvalue weighted by atomic mass is 19.1. The molecule has 0 aliphatic carbocycles. The predicted octanol–water partition coefficient (Wildman–Crippen LogP) is 3.30. The van der Waals surface area contributed by atoms with Gasteiger partial charge in [0.1, 0.15) is 18.5 Å². The van der Waals surface area contributed by atoms with Gasteiger partial charge in [-0.25, -0.2) is 9.37 Å². The van der Waals surface area contributed by atoms with Crippen molar-refractivity contribution in [3.63, 3.8) is 0 Å². The van der Waals surface area contributed by atoms with Crippen LogP contribution in [0.15, 0.2) is 43.0 Å². The third kappa shape index (κ3) is 2.49. The van der Waals surface area contributed by atoms with Crippen molar-refractivity contribution in [1.29, 1.82) is 0 Å². The van der Waals surface area contributed by atoms with Gasteiger partial charge in [0.15, 0.2) is 0 Å². The number of hydrogen-bond acceptors (Lipinski definition) is 3. The summed E-state index contributed by atoms with van der Waals surface area (Å²) in [4.78, 5) is 6.55. The lowest BCUT2D eigenvalue weighted by molar-refractivity contribution is 0.0840. The van der Waals surface area contributed by atoms with Gasteiger partial charge >= 0.3 is 0 Å². The molecule has 1 aromatic carbocycles. The molecular formula is C18H21FN4. The van der Waals surface area contributed by atoms with Gasteiger partial charge in [0.25, 0.3) is 0 Å². The van der Waals surface area contributed by atoms with Crippen molar-refractivity contribution < 1.29 is 4.39 Å². The fourth-order valence-electron chi connectivity index (χ4n) is 4.15. The molecule has 0 spiro atoms. The standard InChI is InChI=1S/C18H21FN4/c1-12-5-6-23-13(2)17(9-22-11-20-10-21-22)15-4-3-14(19)8-16(15)18(23)7-12/h3-4,8,10-11,13,17-18H,1,5-7,9H2,2H3/t13-,17?,18?/m1/s1. The van der Waals surface area contributed by atoms with Crippen molar-refractivity contribution in [2.45, 2.75) is 44.3 Å². The second-order valence-corrected chi connectivity index (χ2v) is 6.70. The van der Waals surface area contributed by atoms with E-state index >= 15 is 0 Å². The smallest absolute Gasteiger partial charge is 0.137 e. The molecule has 1 fully saturated rings. The van der Waals surface area contributed by atoms with Crippen LogP contribution in [0.3, 0.4) is 0 Å². The van der Waals surface area contributed by atoms with E-state index in [4.69, 9.17) is 0 Å². The Morgan fingerprint density at radius 1 is 1.35 bits per heavy atom. The Morgan fingerprint density at radius 3 is 3.00 bits per heavy atom. The first-order valence-electron chi connectivity index (χ1n) is 8.17. The third-order valence-corrected chi connectivity index (χ3v) is 5.37. The first kappa shape index (κ1) is 14.6. The molecule has 2 unspecified atom stereocenters. The summed E-state index contributed by atoms with van der Waals surface area (Å²) in [6.45, 7) is 8.20. The summed E-state index contributed by atoms with van der Waals surface area (Å²) in [5.74, 6) is 0.129.